The van der Waals surface area contributed by atoms with E-state index < -0.39 is 17.8 Å². The summed E-state index contributed by atoms with van der Waals surface area (Å²) in [6, 6.07) is 15.7. The molecule has 1 aromatic heterocycles. The first-order valence-corrected chi connectivity index (χ1v) is 10.8. The van der Waals surface area contributed by atoms with Crippen LogP contribution in [0.5, 0.6) is 5.75 Å². The molecule has 0 saturated carbocycles. The normalized spacial score (nSPS) is 16.9. The van der Waals surface area contributed by atoms with E-state index in [0.717, 1.165) is 5.56 Å². The molecule has 0 radical (unpaired) electrons. The number of carbonyl (C=O) groups is 2. The van der Waals surface area contributed by atoms with E-state index >= 15 is 0 Å². The van der Waals surface area contributed by atoms with E-state index in [1.165, 1.54) is 6.26 Å². The number of nitrogens with one attached hydrogen (secondary N) is 1. The van der Waals surface area contributed by atoms with Gasteiger partial charge in [0.2, 0.25) is 0 Å². The van der Waals surface area contributed by atoms with Crippen LogP contribution in [0.2, 0.25) is 10.0 Å². The molecule has 9 heteroatoms. The second-order valence-electron chi connectivity index (χ2n) is 7.24. The van der Waals surface area contributed by atoms with E-state index in [-0.39, 0.29) is 36.9 Å². The minimum atomic E-state index is -1.11. The van der Waals surface area contributed by atoms with Gasteiger partial charge in [-0.3, -0.25) is 9.59 Å². The van der Waals surface area contributed by atoms with Crippen LogP contribution in [0.15, 0.2) is 70.9 Å². The quantitative estimate of drug-likeness (QED) is 0.345. The van der Waals surface area contributed by atoms with E-state index in [2.05, 4.69) is 5.32 Å². The summed E-state index contributed by atoms with van der Waals surface area (Å²) in [6.07, 6.45) is 1.43. The number of rotatable bonds is 8. The monoisotopic (exact) mass is 487 g/mol. The van der Waals surface area contributed by atoms with E-state index in [9.17, 15) is 14.7 Å². The van der Waals surface area contributed by atoms with Gasteiger partial charge < -0.3 is 24.3 Å². The molecule has 2 aromatic carbocycles. The Morgan fingerprint density at radius 2 is 1.79 bits per heavy atom. The van der Waals surface area contributed by atoms with Gasteiger partial charge in [-0.1, -0.05) is 41.4 Å². The Morgan fingerprint density at radius 1 is 1.06 bits per heavy atom. The molecule has 2 N–H and O–H groups in total. The average Bonchev–Trinajstić information content (AvgIpc) is 3.45. The van der Waals surface area contributed by atoms with Gasteiger partial charge in [-0.05, 0) is 42.0 Å². The SMILES string of the molecule is O=C1NCC(C(=O)O)/C1=C(\OCc1ccc(OCc2c(Cl)cccc2Cl)cc1)c1ccco1. The standard InChI is InChI=1S/C24H19Cl2NO6/c25-18-3-1-4-19(26)17(18)13-32-15-8-6-14(7-9-15)12-33-22(20-5-2-10-31-20)21-16(24(29)30)11-27-23(21)28/h1-10,16H,11-13H2,(H,27,28)(H,29,30)/b22-21+. The molecule has 1 amide bonds. The minimum absolute atomic E-state index is 0.00144. The van der Waals surface area contributed by atoms with Gasteiger partial charge >= 0.3 is 5.97 Å². The zero-order chi connectivity index (χ0) is 23.4. The van der Waals surface area contributed by atoms with Crippen LogP contribution < -0.4 is 10.1 Å². The predicted molar refractivity (Wildman–Crippen MR) is 122 cm³/mol. The maximum absolute atomic E-state index is 12.3. The number of hydrogen-bond acceptors (Lipinski definition) is 5. The van der Waals surface area contributed by atoms with Gasteiger partial charge in [-0.2, -0.15) is 0 Å². The zero-order valence-electron chi connectivity index (χ0n) is 17.2. The lowest BCUT2D eigenvalue weighted by Gasteiger charge is -2.14. The van der Waals surface area contributed by atoms with Crippen molar-refractivity contribution in [1.29, 1.82) is 0 Å². The van der Waals surface area contributed by atoms with Crippen LogP contribution in [-0.4, -0.2) is 23.5 Å². The van der Waals surface area contributed by atoms with Crippen molar-refractivity contribution in [3.63, 3.8) is 0 Å². The third-order valence-corrected chi connectivity index (χ3v) is 5.81. The molecule has 0 spiro atoms. The first-order chi connectivity index (χ1) is 15.9. The molecule has 4 rings (SSSR count). The van der Waals surface area contributed by atoms with Gasteiger partial charge in [0.15, 0.2) is 11.5 Å². The molecule has 0 aliphatic carbocycles. The second kappa shape index (κ2) is 10.0. The van der Waals surface area contributed by atoms with Crippen molar-refractivity contribution in [3.8, 4) is 5.75 Å². The molecule has 170 valence electrons. The van der Waals surface area contributed by atoms with Crippen LogP contribution in [0.3, 0.4) is 0 Å². The highest BCUT2D eigenvalue weighted by atomic mass is 35.5. The van der Waals surface area contributed by atoms with E-state index in [1.54, 1.807) is 54.6 Å². The molecule has 0 bridgehead atoms. The first-order valence-electron chi connectivity index (χ1n) is 10.0. The van der Waals surface area contributed by atoms with Crippen molar-refractivity contribution in [1.82, 2.24) is 5.32 Å². The number of hydrogen-bond donors (Lipinski definition) is 2. The molecule has 1 aliphatic heterocycles. The lowest BCUT2D eigenvalue weighted by Crippen LogP contribution is -2.18. The topological polar surface area (TPSA) is 98.0 Å². The molecule has 7 nitrogen and oxygen atoms in total. The Labute approximate surface area is 199 Å². The summed E-state index contributed by atoms with van der Waals surface area (Å²) in [6.45, 7) is 0.309. The van der Waals surface area contributed by atoms with Crippen molar-refractivity contribution < 1.29 is 28.6 Å². The van der Waals surface area contributed by atoms with Gasteiger partial charge in [0.1, 0.15) is 24.9 Å². The summed E-state index contributed by atoms with van der Waals surface area (Å²) in [5.41, 5.74) is 1.52. The second-order valence-corrected chi connectivity index (χ2v) is 8.06. The predicted octanol–water partition coefficient (Wildman–Crippen LogP) is 4.92. The summed E-state index contributed by atoms with van der Waals surface area (Å²) in [5.74, 6) is -1.63. The number of carboxylic acids is 1. The Balaban J connectivity index is 1.47. The smallest absolute Gasteiger partial charge is 0.313 e. The zero-order valence-corrected chi connectivity index (χ0v) is 18.7. The molecule has 3 aromatic rings. The van der Waals surface area contributed by atoms with Crippen molar-refractivity contribution in [2.24, 2.45) is 5.92 Å². The lowest BCUT2D eigenvalue weighted by molar-refractivity contribution is -0.140. The van der Waals surface area contributed by atoms with Gasteiger partial charge in [0.05, 0.1) is 11.8 Å². The van der Waals surface area contributed by atoms with Crippen molar-refractivity contribution >= 4 is 40.8 Å². The summed E-state index contributed by atoms with van der Waals surface area (Å²) in [4.78, 5) is 23.9. The molecule has 1 aliphatic rings. The van der Waals surface area contributed by atoms with Crippen LogP contribution in [0.4, 0.5) is 0 Å². The summed E-state index contributed by atoms with van der Waals surface area (Å²) in [7, 11) is 0. The number of halogens is 2. The van der Waals surface area contributed by atoms with Gasteiger partial charge in [0.25, 0.3) is 5.91 Å². The number of ether oxygens (including phenoxy) is 2. The molecule has 33 heavy (non-hydrogen) atoms. The Kier molecular flexibility index (Phi) is 6.91. The third-order valence-electron chi connectivity index (χ3n) is 5.10. The third kappa shape index (κ3) is 5.16. The lowest BCUT2D eigenvalue weighted by atomic mass is 10.0. The summed E-state index contributed by atoms with van der Waals surface area (Å²) in [5, 5.41) is 13.1. The van der Waals surface area contributed by atoms with Crippen LogP contribution in [0, 0.1) is 5.92 Å². The van der Waals surface area contributed by atoms with Crippen molar-refractivity contribution in [3.05, 3.63) is 93.4 Å². The maximum Gasteiger partial charge on any atom is 0.313 e. The van der Waals surface area contributed by atoms with Crippen LogP contribution >= 0.6 is 23.2 Å². The largest absolute Gasteiger partial charge is 0.489 e. The average molecular weight is 488 g/mol. The highest BCUT2D eigenvalue weighted by Gasteiger charge is 2.38. The fourth-order valence-corrected chi connectivity index (χ4v) is 3.88. The minimum Gasteiger partial charge on any atom is -0.489 e. The van der Waals surface area contributed by atoms with Crippen molar-refractivity contribution in [2.45, 2.75) is 13.2 Å². The fourth-order valence-electron chi connectivity index (χ4n) is 3.37. The van der Waals surface area contributed by atoms with E-state index in [1.807, 2.05) is 0 Å². The number of amides is 1. The van der Waals surface area contributed by atoms with Crippen LogP contribution in [0.1, 0.15) is 16.9 Å². The Morgan fingerprint density at radius 3 is 2.42 bits per heavy atom. The first kappa shape index (κ1) is 22.8. The van der Waals surface area contributed by atoms with Gasteiger partial charge in [0, 0.05) is 22.2 Å². The molecular formula is C24H19Cl2NO6. The molecule has 1 saturated heterocycles. The number of benzene rings is 2. The summed E-state index contributed by atoms with van der Waals surface area (Å²) < 4.78 is 17.1. The van der Waals surface area contributed by atoms with Gasteiger partial charge in [-0.25, -0.2) is 0 Å². The highest BCUT2D eigenvalue weighted by molar-refractivity contribution is 6.35. The van der Waals surface area contributed by atoms with Crippen LogP contribution in [-0.2, 0) is 27.5 Å². The summed E-state index contributed by atoms with van der Waals surface area (Å²) >= 11 is 12.3. The molecule has 2 heterocycles. The van der Waals surface area contributed by atoms with Crippen molar-refractivity contribution in [2.75, 3.05) is 6.54 Å². The number of aliphatic carboxylic acids is 1. The molecule has 1 atom stereocenters. The number of furan rings is 1. The van der Waals surface area contributed by atoms with Crippen LogP contribution in [0.25, 0.3) is 5.76 Å². The Hall–Kier alpha value is -3.42. The maximum atomic E-state index is 12.3. The molecular weight excluding hydrogens is 469 g/mol. The van der Waals surface area contributed by atoms with E-state index in [4.69, 9.17) is 37.1 Å². The Bertz CT molecular complexity index is 1170. The number of carbonyl (C=O) groups excluding carboxylic acids is 1. The highest BCUT2D eigenvalue weighted by Crippen LogP contribution is 2.31. The van der Waals surface area contributed by atoms with E-state index in [0.29, 0.717) is 21.4 Å². The van der Waals surface area contributed by atoms with Gasteiger partial charge in [-0.15, -0.1) is 0 Å². The number of carboxylic acid groups (broad SMARTS) is 1. The molecule has 1 fully saturated rings. The fraction of sp³-hybridized carbons (Fsp3) is 0.167. The molecule has 1 unspecified atom stereocenters.